The molecule has 2 rings (SSSR count). The molecule has 1 fully saturated rings. The van der Waals surface area contributed by atoms with Gasteiger partial charge < -0.3 is 10.6 Å². The summed E-state index contributed by atoms with van der Waals surface area (Å²) in [7, 11) is 0. The van der Waals surface area contributed by atoms with Gasteiger partial charge in [-0.1, -0.05) is 26.8 Å². The molecule has 2 heterocycles. The van der Waals surface area contributed by atoms with Gasteiger partial charge in [0.1, 0.15) is 0 Å². The number of aliphatic imine (C=N–C) groups is 1. The second-order valence-electron chi connectivity index (χ2n) is 7.90. The number of nitrogens with zero attached hydrogens (tertiary/aromatic N) is 3. The summed E-state index contributed by atoms with van der Waals surface area (Å²) in [6.45, 7) is 17.4. The van der Waals surface area contributed by atoms with E-state index < -0.39 is 0 Å². The number of piperidine rings is 1. The highest BCUT2D eigenvalue weighted by Crippen LogP contribution is 2.24. The second-order valence-corrected chi connectivity index (χ2v) is 8.84. The zero-order valence-electron chi connectivity index (χ0n) is 16.8. The molecule has 6 heteroatoms. The molecule has 1 aliphatic heterocycles. The molecule has 0 radical (unpaired) electrons. The molecule has 5 nitrogen and oxygen atoms in total. The quantitative estimate of drug-likeness (QED) is 0.435. The van der Waals surface area contributed by atoms with Crippen molar-refractivity contribution in [3.63, 3.8) is 0 Å². The molecule has 0 unspecified atom stereocenters. The first kappa shape index (κ1) is 20.9. The monoisotopic (exact) mass is 377 g/mol. The van der Waals surface area contributed by atoms with Gasteiger partial charge in [-0.15, -0.1) is 17.9 Å². The van der Waals surface area contributed by atoms with Gasteiger partial charge in [0.25, 0.3) is 0 Å². The van der Waals surface area contributed by atoms with Crippen LogP contribution in [-0.2, 0) is 11.8 Å². The number of aromatic nitrogens is 1. The maximum Gasteiger partial charge on any atom is 0.191 e. The van der Waals surface area contributed by atoms with Crippen molar-refractivity contribution in [2.24, 2.45) is 4.99 Å². The zero-order valence-corrected chi connectivity index (χ0v) is 17.7. The van der Waals surface area contributed by atoms with Crippen molar-refractivity contribution in [3.05, 3.63) is 28.7 Å². The number of guanidine groups is 1. The summed E-state index contributed by atoms with van der Waals surface area (Å²) in [5.41, 5.74) is 1.30. The average Bonchev–Trinajstić information content (AvgIpc) is 3.06. The van der Waals surface area contributed by atoms with Gasteiger partial charge >= 0.3 is 0 Å². The Labute approximate surface area is 163 Å². The fourth-order valence-corrected chi connectivity index (χ4v) is 4.00. The summed E-state index contributed by atoms with van der Waals surface area (Å²) in [5, 5.41) is 10.3. The number of hydrogen-bond donors (Lipinski definition) is 2. The number of nitrogens with one attached hydrogen (secondary N) is 2. The average molecular weight is 378 g/mol. The summed E-state index contributed by atoms with van der Waals surface area (Å²) in [6, 6.07) is 0.501. The molecule has 0 amide bonds. The van der Waals surface area contributed by atoms with Crippen molar-refractivity contribution in [2.45, 2.75) is 58.4 Å². The zero-order chi connectivity index (χ0) is 19.0. The van der Waals surface area contributed by atoms with Crippen LogP contribution in [0.1, 0.15) is 51.2 Å². The lowest BCUT2D eigenvalue weighted by molar-refractivity contribution is 0.225. The minimum atomic E-state index is 0.120. The molecule has 0 spiro atoms. The fourth-order valence-electron chi connectivity index (χ4n) is 2.99. The highest BCUT2D eigenvalue weighted by atomic mass is 32.1. The summed E-state index contributed by atoms with van der Waals surface area (Å²) in [4.78, 5) is 12.0. The third-order valence-corrected chi connectivity index (χ3v) is 5.48. The molecule has 0 atom stereocenters. The molecular formula is C20H35N5S. The van der Waals surface area contributed by atoms with Crippen molar-refractivity contribution >= 4 is 17.3 Å². The molecule has 146 valence electrons. The summed E-state index contributed by atoms with van der Waals surface area (Å²) in [5.74, 6) is 0.933. The van der Waals surface area contributed by atoms with E-state index in [9.17, 15) is 0 Å². The van der Waals surface area contributed by atoms with Crippen LogP contribution in [0.15, 0.2) is 23.0 Å². The molecule has 0 aliphatic carbocycles. The van der Waals surface area contributed by atoms with Gasteiger partial charge in [-0.3, -0.25) is 9.89 Å². The Balaban J connectivity index is 1.83. The largest absolute Gasteiger partial charge is 0.357 e. The summed E-state index contributed by atoms with van der Waals surface area (Å²) in [6.07, 6.45) is 5.19. The Morgan fingerprint density at radius 3 is 2.73 bits per heavy atom. The van der Waals surface area contributed by atoms with Gasteiger partial charge in [0, 0.05) is 56.0 Å². The van der Waals surface area contributed by atoms with Crippen molar-refractivity contribution in [2.75, 3.05) is 32.7 Å². The van der Waals surface area contributed by atoms with E-state index in [-0.39, 0.29) is 5.41 Å². The van der Waals surface area contributed by atoms with E-state index in [1.807, 2.05) is 6.08 Å². The SMILES string of the molecule is C=CCN1CCC(NC(=NCCc2nc(C(C)(C)C)cs2)NCC)CC1. The fraction of sp³-hybridized carbons (Fsp3) is 0.700. The van der Waals surface area contributed by atoms with Gasteiger partial charge in [0.05, 0.1) is 10.7 Å². The van der Waals surface area contributed by atoms with E-state index in [0.717, 1.165) is 57.9 Å². The molecular weight excluding hydrogens is 342 g/mol. The summed E-state index contributed by atoms with van der Waals surface area (Å²) >= 11 is 1.75. The first-order chi connectivity index (χ1) is 12.4. The van der Waals surface area contributed by atoms with Crippen LogP contribution in [0.3, 0.4) is 0 Å². The number of rotatable bonds is 7. The van der Waals surface area contributed by atoms with E-state index in [1.165, 1.54) is 10.7 Å². The second kappa shape index (κ2) is 10.1. The highest BCUT2D eigenvalue weighted by Gasteiger charge is 2.19. The van der Waals surface area contributed by atoms with Crippen molar-refractivity contribution in [1.82, 2.24) is 20.5 Å². The Hall–Kier alpha value is -1.40. The van der Waals surface area contributed by atoms with Crippen molar-refractivity contribution < 1.29 is 0 Å². The molecule has 1 aromatic rings. The first-order valence-electron chi connectivity index (χ1n) is 9.75. The highest BCUT2D eigenvalue weighted by molar-refractivity contribution is 7.09. The Kier molecular flexibility index (Phi) is 8.10. The molecule has 1 aromatic heterocycles. The van der Waals surface area contributed by atoms with Crippen LogP contribution < -0.4 is 10.6 Å². The lowest BCUT2D eigenvalue weighted by Gasteiger charge is -2.32. The topological polar surface area (TPSA) is 52.5 Å². The molecule has 1 saturated heterocycles. The third kappa shape index (κ3) is 6.72. The molecule has 26 heavy (non-hydrogen) atoms. The number of thiazole rings is 1. The predicted molar refractivity (Wildman–Crippen MR) is 113 cm³/mol. The first-order valence-corrected chi connectivity index (χ1v) is 10.6. The molecule has 0 saturated carbocycles. The van der Waals surface area contributed by atoms with Gasteiger partial charge in [0.15, 0.2) is 5.96 Å². The Bertz CT molecular complexity index is 579. The molecule has 1 aliphatic rings. The van der Waals surface area contributed by atoms with E-state index in [4.69, 9.17) is 9.98 Å². The number of likely N-dealkylation sites (tertiary alicyclic amines) is 1. The maximum absolute atomic E-state index is 4.76. The van der Waals surface area contributed by atoms with E-state index in [2.05, 4.69) is 55.2 Å². The molecule has 0 aromatic carbocycles. The summed E-state index contributed by atoms with van der Waals surface area (Å²) < 4.78 is 0. The van der Waals surface area contributed by atoms with Crippen LogP contribution in [-0.4, -0.2) is 54.6 Å². The predicted octanol–water partition coefficient (Wildman–Crippen LogP) is 3.19. The molecule has 0 bridgehead atoms. The van der Waals surface area contributed by atoms with Gasteiger partial charge in [0.2, 0.25) is 0 Å². The van der Waals surface area contributed by atoms with E-state index in [1.54, 1.807) is 11.3 Å². The lowest BCUT2D eigenvalue weighted by atomic mass is 9.93. The van der Waals surface area contributed by atoms with E-state index >= 15 is 0 Å². The smallest absolute Gasteiger partial charge is 0.191 e. The third-order valence-electron chi connectivity index (χ3n) is 4.58. The maximum atomic E-state index is 4.76. The van der Waals surface area contributed by atoms with Crippen LogP contribution in [0.25, 0.3) is 0 Å². The minimum absolute atomic E-state index is 0.120. The number of hydrogen-bond acceptors (Lipinski definition) is 4. The normalized spacial score (nSPS) is 17.3. The Morgan fingerprint density at radius 1 is 1.42 bits per heavy atom. The van der Waals surface area contributed by atoms with Gasteiger partial charge in [-0.25, -0.2) is 4.98 Å². The van der Waals surface area contributed by atoms with Gasteiger partial charge in [-0.2, -0.15) is 0 Å². The molecule has 2 N–H and O–H groups in total. The Morgan fingerprint density at radius 2 is 2.15 bits per heavy atom. The van der Waals surface area contributed by atoms with Gasteiger partial charge in [-0.05, 0) is 19.8 Å². The lowest BCUT2D eigenvalue weighted by Crippen LogP contribution is -2.48. The van der Waals surface area contributed by atoms with E-state index in [0.29, 0.717) is 6.04 Å². The van der Waals surface area contributed by atoms with Crippen LogP contribution in [0.2, 0.25) is 0 Å². The van der Waals surface area contributed by atoms with Crippen molar-refractivity contribution in [3.8, 4) is 0 Å². The van der Waals surface area contributed by atoms with Crippen LogP contribution >= 0.6 is 11.3 Å². The van der Waals surface area contributed by atoms with Crippen molar-refractivity contribution in [1.29, 1.82) is 0 Å². The van der Waals surface area contributed by atoms with Crippen LogP contribution in [0.5, 0.6) is 0 Å². The van der Waals surface area contributed by atoms with Crippen LogP contribution in [0.4, 0.5) is 0 Å². The standard InChI is InChI=1S/C20H35N5S/c1-6-12-25-13-9-16(10-14-25)23-19(21-7-2)22-11-8-18-24-17(15-26-18)20(3,4)5/h6,15-16H,1,7-14H2,2-5H3,(H2,21,22,23). The minimum Gasteiger partial charge on any atom is -0.357 e. The van der Waals surface area contributed by atoms with Crippen LogP contribution in [0, 0.1) is 0 Å².